The molecule has 1 unspecified atom stereocenters. The van der Waals surface area contributed by atoms with Crippen molar-refractivity contribution in [2.24, 2.45) is 17.2 Å². The minimum Gasteiger partial charge on any atom is -0.508 e. The number of ether oxygens (including phenoxy) is 2. The highest BCUT2D eigenvalue weighted by atomic mass is 32.1. The molecule has 2 heterocycles. The predicted molar refractivity (Wildman–Crippen MR) is 122 cm³/mol. The summed E-state index contributed by atoms with van der Waals surface area (Å²) in [7, 11) is 0. The maximum Gasteiger partial charge on any atom is 0.340 e. The Bertz CT molecular complexity index is 1180. The molecule has 0 saturated carbocycles. The van der Waals surface area contributed by atoms with Gasteiger partial charge in [0.1, 0.15) is 23.0 Å². The van der Waals surface area contributed by atoms with Crippen LogP contribution in [0.15, 0.2) is 60.7 Å². The molecule has 8 nitrogen and oxygen atoms in total. The van der Waals surface area contributed by atoms with Crippen LogP contribution in [0.3, 0.4) is 0 Å². The molecule has 0 aliphatic carbocycles. The van der Waals surface area contributed by atoms with Gasteiger partial charge in [0.05, 0.1) is 16.6 Å². The fourth-order valence-electron chi connectivity index (χ4n) is 3.77. The summed E-state index contributed by atoms with van der Waals surface area (Å²) < 4.78 is 11.8. The molecule has 0 bridgehead atoms. The number of rotatable bonds is 2. The Morgan fingerprint density at radius 2 is 1.53 bits per heavy atom. The smallest absolute Gasteiger partial charge is 0.340 e. The molecule has 9 heteroatoms. The van der Waals surface area contributed by atoms with Crippen LogP contribution >= 0.6 is 12.2 Å². The van der Waals surface area contributed by atoms with Crippen molar-refractivity contribution >= 4 is 23.2 Å². The Morgan fingerprint density at radius 1 is 0.969 bits per heavy atom. The second-order valence-corrected chi connectivity index (χ2v) is 7.80. The SMILES string of the molecule is NCC(N)C(N)=S.O=C1OC2(c3ccc(O)cc3Oc3cc(O)ccc32)c2ccccc21. The second kappa shape index (κ2) is 8.12. The van der Waals surface area contributed by atoms with Crippen molar-refractivity contribution in [1.29, 1.82) is 0 Å². The number of fused-ring (bicyclic) bond motifs is 6. The molecule has 0 saturated heterocycles. The van der Waals surface area contributed by atoms with Crippen molar-refractivity contribution in [3.05, 3.63) is 82.9 Å². The monoisotopic (exact) mass is 451 g/mol. The van der Waals surface area contributed by atoms with E-state index in [1.807, 2.05) is 12.1 Å². The fourth-order valence-corrected chi connectivity index (χ4v) is 3.87. The van der Waals surface area contributed by atoms with E-state index in [0.29, 0.717) is 40.3 Å². The molecule has 1 atom stereocenters. The van der Waals surface area contributed by atoms with Gasteiger partial charge in [-0.1, -0.05) is 30.4 Å². The Labute approximate surface area is 189 Å². The van der Waals surface area contributed by atoms with Gasteiger partial charge < -0.3 is 36.9 Å². The minimum absolute atomic E-state index is 0.0371. The number of hydrogen-bond acceptors (Lipinski definition) is 8. The van der Waals surface area contributed by atoms with E-state index in [2.05, 4.69) is 12.2 Å². The molecule has 5 rings (SSSR count). The number of phenolic OH excluding ortho intramolecular Hbond substituents is 2. The molecule has 0 radical (unpaired) electrons. The molecular formula is C23H21N3O5S. The fraction of sp³-hybridized carbons (Fsp3) is 0.130. The lowest BCUT2D eigenvalue weighted by Crippen LogP contribution is -2.40. The van der Waals surface area contributed by atoms with Crippen molar-refractivity contribution in [1.82, 2.24) is 0 Å². The van der Waals surface area contributed by atoms with Gasteiger partial charge in [0.15, 0.2) is 5.60 Å². The van der Waals surface area contributed by atoms with Crippen LogP contribution in [0, 0.1) is 0 Å². The third-order valence-corrected chi connectivity index (χ3v) is 5.60. The van der Waals surface area contributed by atoms with E-state index < -0.39 is 11.6 Å². The first-order chi connectivity index (χ1) is 15.3. The normalized spacial score (nSPS) is 15.2. The maximum atomic E-state index is 12.5. The summed E-state index contributed by atoms with van der Waals surface area (Å²) in [6.45, 7) is 0.329. The lowest BCUT2D eigenvalue weighted by atomic mass is 9.77. The van der Waals surface area contributed by atoms with Crippen LogP contribution in [0.5, 0.6) is 23.0 Å². The van der Waals surface area contributed by atoms with E-state index in [-0.39, 0.29) is 22.5 Å². The number of hydrogen-bond donors (Lipinski definition) is 5. The van der Waals surface area contributed by atoms with Crippen LogP contribution < -0.4 is 21.9 Å². The average molecular weight is 452 g/mol. The first-order valence-electron chi connectivity index (χ1n) is 9.70. The lowest BCUT2D eigenvalue weighted by molar-refractivity contribution is 0.0224. The lowest BCUT2D eigenvalue weighted by Gasteiger charge is -2.36. The highest BCUT2D eigenvalue weighted by Crippen LogP contribution is 2.56. The predicted octanol–water partition coefficient (Wildman–Crippen LogP) is 2.22. The quantitative estimate of drug-likeness (QED) is 0.291. The summed E-state index contributed by atoms with van der Waals surface area (Å²) in [5.41, 5.74) is 16.7. The Hall–Kier alpha value is -3.66. The molecule has 3 aromatic carbocycles. The molecule has 164 valence electrons. The number of carbonyl (C=O) groups is 1. The van der Waals surface area contributed by atoms with Gasteiger partial charge >= 0.3 is 5.97 Å². The Morgan fingerprint density at radius 3 is 2.03 bits per heavy atom. The molecule has 8 N–H and O–H groups in total. The summed E-state index contributed by atoms with van der Waals surface area (Å²) in [6.07, 6.45) is 0. The van der Waals surface area contributed by atoms with Gasteiger partial charge in [-0.25, -0.2) is 4.79 Å². The van der Waals surface area contributed by atoms with Crippen LogP contribution in [0.2, 0.25) is 0 Å². The number of aromatic hydroxyl groups is 2. The zero-order valence-electron chi connectivity index (χ0n) is 16.8. The van der Waals surface area contributed by atoms with Gasteiger partial charge in [0.25, 0.3) is 0 Å². The molecule has 2 aliphatic rings. The van der Waals surface area contributed by atoms with E-state index in [1.54, 1.807) is 24.3 Å². The maximum absolute atomic E-state index is 12.5. The molecule has 1 spiro atoms. The van der Waals surface area contributed by atoms with Crippen LogP contribution in [-0.2, 0) is 10.3 Å². The second-order valence-electron chi connectivity index (χ2n) is 7.32. The van der Waals surface area contributed by atoms with Crippen LogP contribution in [0.25, 0.3) is 0 Å². The Balaban J connectivity index is 0.000000307. The summed E-state index contributed by atoms with van der Waals surface area (Å²) in [6, 6.07) is 16.3. The number of benzene rings is 3. The standard InChI is InChI=1S/C20H12O5.C3H9N3S/c21-11-5-7-15-17(9-11)24-18-10-12(22)6-8-16(18)20(15)14-4-2-1-3-13(14)19(23)25-20;4-1-2(5)3(6)7/h1-10,21-22H;2H,1,4-5H2,(H2,6,7). The van der Waals surface area contributed by atoms with Gasteiger partial charge in [-0.2, -0.15) is 0 Å². The zero-order chi connectivity index (χ0) is 23.0. The molecule has 0 amide bonds. The molecular weight excluding hydrogens is 430 g/mol. The van der Waals surface area contributed by atoms with Gasteiger partial charge in [-0.05, 0) is 30.3 Å². The number of thiocarbonyl (C=S) groups is 1. The number of esters is 1. The van der Waals surface area contributed by atoms with Gasteiger partial charge in [-0.15, -0.1) is 0 Å². The summed E-state index contributed by atoms with van der Waals surface area (Å²) >= 11 is 4.49. The van der Waals surface area contributed by atoms with E-state index >= 15 is 0 Å². The number of nitrogens with two attached hydrogens (primary N) is 3. The summed E-state index contributed by atoms with van der Waals surface area (Å²) in [5, 5.41) is 19.7. The van der Waals surface area contributed by atoms with E-state index in [1.165, 1.54) is 24.3 Å². The Kier molecular flexibility index (Phi) is 5.47. The molecule has 0 fully saturated rings. The van der Waals surface area contributed by atoms with Crippen molar-refractivity contribution in [2.45, 2.75) is 11.6 Å². The van der Waals surface area contributed by atoms with Crippen molar-refractivity contribution < 1.29 is 24.5 Å². The van der Waals surface area contributed by atoms with Crippen LogP contribution in [0.4, 0.5) is 0 Å². The van der Waals surface area contributed by atoms with E-state index in [9.17, 15) is 15.0 Å². The average Bonchev–Trinajstić information content (AvgIpc) is 3.06. The van der Waals surface area contributed by atoms with Crippen molar-refractivity contribution in [3.63, 3.8) is 0 Å². The van der Waals surface area contributed by atoms with Crippen LogP contribution in [0.1, 0.15) is 27.0 Å². The molecule has 32 heavy (non-hydrogen) atoms. The van der Waals surface area contributed by atoms with Crippen molar-refractivity contribution in [2.75, 3.05) is 6.54 Å². The third kappa shape index (κ3) is 3.42. The largest absolute Gasteiger partial charge is 0.508 e. The zero-order valence-corrected chi connectivity index (χ0v) is 17.6. The number of phenols is 2. The third-order valence-electron chi connectivity index (χ3n) is 5.30. The van der Waals surface area contributed by atoms with E-state index in [0.717, 1.165) is 0 Å². The van der Waals surface area contributed by atoms with Crippen molar-refractivity contribution in [3.8, 4) is 23.0 Å². The summed E-state index contributed by atoms with van der Waals surface area (Å²) in [4.78, 5) is 12.8. The summed E-state index contributed by atoms with van der Waals surface area (Å²) in [5.74, 6) is 0.408. The van der Waals surface area contributed by atoms with E-state index in [4.69, 9.17) is 26.7 Å². The number of carbonyl (C=O) groups excluding carboxylic acids is 1. The highest BCUT2D eigenvalue weighted by Gasteiger charge is 2.53. The molecule has 0 aromatic heterocycles. The van der Waals surface area contributed by atoms with Gasteiger partial charge in [0, 0.05) is 35.4 Å². The minimum atomic E-state index is -1.17. The van der Waals surface area contributed by atoms with Gasteiger partial charge in [0.2, 0.25) is 0 Å². The van der Waals surface area contributed by atoms with Crippen LogP contribution in [-0.4, -0.2) is 33.8 Å². The topological polar surface area (TPSA) is 154 Å². The van der Waals surface area contributed by atoms with Gasteiger partial charge in [-0.3, -0.25) is 0 Å². The highest BCUT2D eigenvalue weighted by molar-refractivity contribution is 7.80. The molecule has 3 aromatic rings. The first-order valence-corrected chi connectivity index (χ1v) is 10.1. The molecule has 2 aliphatic heterocycles. The first kappa shape index (κ1) is 21.6.